The molecule has 1 heterocycles. The lowest BCUT2D eigenvalue weighted by Gasteiger charge is -2.16. The van der Waals surface area contributed by atoms with Crippen LogP contribution in [0.2, 0.25) is 0 Å². The molecule has 12 heavy (non-hydrogen) atoms. The van der Waals surface area contributed by atoms with Crippen LogP contribution in [-0.4, -0.2) is 30.7 Å². The summed E-state index contributed by atoms with van der Waals surface area (Å²) in [6.45, 7) is 0.778. The van der Waals surface area contributed by atoms with Gasteiger partial charge in [-0.15, -0.1) is 0 Å². The van der Waals surface area contributed by atoms with E-state index in [9.17, 15) is 9.18 Å². The molecule has 0 aromatic heterocycles. The molecule has 3 nitrogen and oxygen atoms in total. The predicted octanol–water partition coefficient (Wildman–Crippen LogP) is -0.0334. The number of hydrogen-bond donors (Lipinski definition) is 2. The Kier molecular flexibility index (Phi) is 1.79. The molecule has 2 N–H and O–H groups in total. The average molecular weight is 172 g/mol. The minimum atomic E-state index is -1.64. The van der Waals surface area contributed by atoms with Crippen LogP contribution in [0.4, 0.5) is 4.39 Å². The van der Waals surface area contributed by atoms with Gasteiger partial charge in [0.25, 0.3) is 5.91 Å². The van der Waals surface area contributed by atoms with Gasteiger partial charge in [-0.3, -0.25) is 4.79 Å². The highest BCUT2D eigenvalue weighted by Gasteiger charge is 2.43. The molecule has 1 unspecified atom stereocenters. The Hall–Kier alpha value is -0.640. The van der Waals surface area contributed by atoms with Gasteiger partial charge < -0.3 is 10.6 Å². The van der Waals surface area contributed by atoms with Crippen LogP contribution in [0.1, 0.15) is 19.3 Å². The second kappa shape index (κ2) is 2.69. The molecule has 2 fully saturated rings. The van der Waals surface area contributed by atoms with Crippen molar-refractivity contribution in [2.75, 3.05) is 13.1 Å². The SMILES string of the molecule is O=C(NC1CC1)C1(F)CCNC1. The van der Waals surface area contributed by atoms with Crippen LogP contribution < -0.4 is 10.6 Å². The van der Waals surface area contributed by atoms with Gasteiger partial charge in [0.2, 0.25) is 5.67 Å². The normalized spacial score (nSPS) is 35.1. The van der Waals surface area contributed by atoms with E-state index in [1.807, 2.05) is 0 Å². The molecule has 1 saturated carbocycles. The zero-order chi connectivity index (χ0) is 8.60. The number of amides is 1. The van der Waals surface area contributed by atoms with E-state index in [2.05, 4.69) is 10.6 Å². The molecule has 2 rings (SSSR count). The molecule has 0 spiro atoms. The van der Waals surface area contributed by atoms with Crippen molar-refractivity contribution in [3.8, 4) is 0 Å². The lowest BCUT2D eigenvalue weighted by molar-refractivity contribution is -0.131. The third kappa shape index (κ3) is 1.43. The zero-order valence-corrected chi connectivity index (χ0v) is 6.90. The first kappa shape index (κ1) is 7.98. The summed E-state index contributed by atoms with van der Waals surface area (Å²) in [5.41, 5.74) is -1.64. The van der Waals surface area contributed by atoms with Gasteiger partial charge in [0, 0.05) is 19.0 Å². The zero-order valence-electron chi connectivity index (χ0n) is 6.90. The summed E-state index contributed by atoms with van der Waals surface area (Å²) in [5.74, 6) is -0.421. The van der Waals surface area contributed by atoms with Crippen LogP contribution in [0.5, 0.6) is 0 Å². The van der Waals surface area contributed by atoms with Crippen molar-refractivity contribution >= 4 is 5.91 Å². The lowest BCUT2D eigenvalue weighted by Crippen LogP contribution is -2.45. The number of alkyl halides is 1. The fourth-order valence-corrected chi connectivity index (χ4v) is 1.40. The van der Waals surface area contributed by atoms with Gasteiger partial charge in [0.1, 0.15) is 0 Å². The summed E-state index contributed by atoms with van der Waals surface area (Å²) < 4.78 is 13.6. The van der Waals surface area contributed by atoms with Gasteiger partial charge in [-0.05, 0) is 19.4 Å². The molecule has 1 amide bonds. The van der Waals surface area contributed by atoms with E-state index in [1.165, 1.54) is 0 Å². The fraction of sp³-hybridized carbons (Fsp3) is 0.875. The standard InChI is InChI=1S/C8H13FN2O/c9-8(3-4-10-5-8)7(12)11-6-1-2-6/h6,10H,1-5H2,(H,11,12). The van der Waals surface area contributed by atoms with Gasteiger partial charge in [0.05, 0.1) is 0 Å². The van der Waals surface area contributed by atoms with Crippen LogP contribution in [-0.2, 0) is 4.79 Å². The van der Waals surface area contributed by atoms with Crippen molar-refractivity contribution in [2.24, 2.45) is 0 Å². The van der Waals surface area contributed by atoms with Crippen molar-refractivity contribution < 1.29 is 9.18 Å². The van der Waals surface area contributed by atoms with E-state index < -0.39 is 11.6 Å². The van der Waals surface area contributed by atoms with Gasteiger partial charge in [-0.2, -0.15) is 0 Å². The van der Waals surface area contributed by atoms with E-state index in [-0.39, 0.29) is 12.6 Å². The summed E-state index contributed by atoms with van der Waals surface area (Å²) in [4.78, 5) is 11.3. The maximum Gasteiger partial charge on any atom is 0.259 e. The first-order chi connectivity index (χ1) is 5.71. The number of halogens is 1. The molecule has 0 bridgehead atoms. The number of carbonyl (C=O) groups is 1. The quantitative estimate of drug-likeness (QED) is 0.614. The third-order valence-corrected chi connectivity index (χ3v) is 2.42. The topological polar surface area (TPSA) is 41.1 Å². The van der Waals surface area contributed by atoms with E-state index >= 15 is 0 Å². The van der Waals surface area contributed by atoms with Gasteiger partial charge in [0.15, 0.2) is 0 Å². The van der Waals surface area contributed by atoms with Crippen molar-refractivity contribution in [2.45, 2.75) is 31.0 Å². The van der Waals surface area contributed by atoms with E-state index in [1.54, 1.807) is 0 Å². The molecule has 1 aliphatic heterocycles. The van der Waals surface area contributed by atoms with E-state index in [0.717, 1.165) is 12.8 Å². The lowest BCUT2D eigenvalue weighted by atomic mass is 10.1. The Morgan fingerprint density at radius 3 is 2.83 bits per heavy atom. The Morgan fingerprint density at radius 1 is 1.58 bits per heavy atom. The van der Waals surface area contributed by atoms with Crippen LogP contribution in [0.15, 0.2) is 0 Å². The highest BCUT2D eigenvalue weighted by atomic mass is 19.1. The first-order valence-electron chi connectivity index (χ1n) is 4.41. The van der Waals surface area contributed by atoms with Crippen LogP contribution in [0.3, 0.4) is 0 Å². The van der Waals surface area contributed by atoms with Gasteiger partial charge >= 0.3 is 0 Å². The monoisotopic (exact) mass is 172 g/mol. The fourth-order valence-electron chi connectivity index (χ4n) is 1.40. The summed E-state index contributed by atoms with van der Waals surface area (Å²) in [6, 6.07) is 0.255. The molecule has 1 atom stereocenters. The molecule has 0 aromatic carbocycles. The van der Waals surface area contributed by atoms with Crippen molar-refractivity contribution in [1.82, 2.24) is 10.6 Å². The van der Waals surface area contributed by atoms with Crippen LogP contribution >= 0.6 is 0 Å². The average Bonchev–Trinajstić information content (AvgIpc) is 2.73. The number of carbonyl (C=O) groups excluding carboxylic acids is 1. The van der Waals surface area contributed by atoms with Crippen LogP contribution in [0, 0.1) is 0 Å². The third-order valence-electron chi connectivity index (χ3n) is 2.42. The molecular weight excluding hydrogens is 159 g/mol. The first-order valence-corrected chi connectivity index (χ1v) is 4.41. The largest absolute Gasteiger partial charge is 0.351 e. The van der Waals surface area contributed by atoms with E-state index in [4.69, 9.17) is 0 Å². The van der Waals surface area contributed by atoms with Crippen molar-refractivity contribution in [3.05, 3.63) is 0 Å². The Balaban J connectivity index is 1.91. The molecule has 4 heteroatoms. The molecular formula is C8H13FN2O. The molecule has 0 aromatic rings. The smallest absolute Gasteiger partial charge is 0.259 e. The summed E-state index contributed by atoms with van der Waals surface area (Å²) >= 11 is 0. The second-order valence-corrected chi connectivity index (χ2v) is 3.64. The minimum absolute atomic E-state index is 0.172. The molecule has 0 radical (unpaired) electrons. The van der Waals surface area contributed by atoms with Crippen LogP contribution in [0.25, 0.3) is 0 Å². The Bertz CT molecular complexity index is 197. The number of nitrogens with one attached hydrogen (secondary N) is 2. The Labute approximate surface area is 70.7 Å². The number of rotatable bonds is 2. The Morgan fingerprint density at radius 2 is 2.33 bits per heavy atom. The summed E-state index contributed by atoms with van der Waals surface area (Å²) in [6.07, 6.45) is 2.33. The molecule has 1 aliphatic carbocycles. The molecule has 68 valence electrons. The van der Waals surface area contributed by atoms with E-state index in [0.29, 0.717) is 13.0 Å². The van der Waals surface area contributed by atoms with Crippen molar-refractivity contribution in [1.29, 1.82) is 0 Å². The predicted molar refractivity (Wildman–Crippen MR) is 42.5 cm³/mol. The highest BCUT2D eigenvalue weighted by Crippen LogP contribution is 2.24. The van der Waals surface area contributed by atoms with Crippen molar-refractivity contribution in [3.63, 3.8) is 0 Å². The number of hydrogen-bond acceptors (Lipinski definition) is 2. The summed E-state index contributed by atoms with van der Waals surface area (Å²) in [7, 11) is 0. The highest BCUT2D eigenvalue weighted by molar-refractivity contribution is 5.86. The second-order valence-electron chi connectivity index (χ2n) is 3.64. The summed E-state index contributed by atoms with van der Waals surface area (Å²) in [5, 5.41) is 5.53. The maximum absolute atomic E-state index is 13.6. The van der Waals surface area contributed by atoms with Gasteiger partial charge in [-0.1, -0.05) is 0 Å². The maximum atomic E-state index is 13.6. The van der Waals surface area contributed by atoms with Gasteiger partial charge in [-0.25, -0.2) is 4.39 Å². The molecule has 1 saturated heterocycles. The molecule has 2 aliphatic rings. The minimum Gasteiger partial charge on any atom is -0.351 e.